The van der Waals surface area contributed by atoms with Crippen LogP contribution < -0.4 is 0 Å². The first-order chi connectivity index (χ1) is 11.7. The van der Waals surface area contributed by atoms with Gasteiger partial charge in [0.2, 0.25) is 0 Å². The smallest absolute Gasteiger partial charge is 0.156 e. The summed E-state index contributed by atoms with van der Waals surface area (Å²) < 4.78 is 14.0. The van der Waals surface area contributed by atoms with Crippen molar-refractivity contribution in [2.75, 3.05) is 0 Å². The van der Waals surface area contributed by atoms with E-state index in [0.717, 1.165) is 16.7 Å². The maximum absolute atomic E-state index is 13.2. The van der Waals surface area contributed by atoms with Gasteiger partial charge in [0.25, 0.3) is 0 Å². The van der Waals surface area contributed by atoms with Crippen molar-refractivity contribution in [2.24, 2.45) is 0 Å². The number of hydrogen-bond donors (Lipinski definition) is 0. The molecular weight excluding hydrogens is 325 g/mol. The molecule has 3 aromatic rings. The number of benzene rings is 1. The number of carbonyl (C=O) groups is 1. The van der Waals surface area contributed by atoms with Crippen molar-refractivity contribution in [3.05, 3.63) is 59.1 Å². The van der Waals surface area contributed by atoms with E-state index in [1.807, 2.05) is 18.2 Å². The van der Waals surface area contributed by atoms with Crippen LogP contribution in [0.25, 0.3) is 10.2 Å². The predicted molar refractivity (Wildman–Crippen MR) is 90.1 cm³/mol. The van der Waals surface area contributed by atoms with E-state index >= 15 is 0 Å². The molecule has 1 aromatic carbocycles. The highest BCUT2D eigenvalue weighted by molar-refractivity contribution is 7.18. The molecule has 2 aromatic heterocycles. The van der Waals surface area contributed by atoms with Crippen molar-refractivity contribution < 1.29 is 9.18 Å². The predicted octanol–water partition coefficient (Wildman–Crippen LogP) is 4.03. The first kappa shape index (κ1) is 16.2. The average molecular weight is 339 g/mol. The second-order valence-corrected chi connectivity index (χ2v) is 6.46. The molecule has 2 heterocycles. The topological polar surface area (TPSA) is 66.6 Å². The minimum absolute atomic E-state index is 0.147. The summed E-state index contributed by atoms with van der Waals surface area (Å²) in [7, 11) is 0. The second kappa shape index (κ2) is 7.28. The van der Waals surface area contributed by atoms with Crippen molar-refractivity contribution in [1.82, 2.24) is 9.97 Å². The number of halogens is 1. The molecular formula is C18H14FN3OS. The van der Waals surface area contributed by atoms with Crippen molar-refractivity contribution in [1.29, 1.82) is 5.26 Å². The van der Waals surface area contributed by atoms with E-state index < -0.39 is 5.92 Å². The van der Waals surface area contributed by atoms with E-state index in [1.54, 1.807) is 18.5 Å². The monoisotopic (exact) mass is 339 g/mol. The summed E-state index contributed by atoms with van der Waals surface area (Å²) in [4.78, 5) is 20.6. The number of Topliss-reactive ketones (excluding diaryl/α,β-unsaturated/α-hetero) is 1. The van der Waals surface area contributed by atoms with Crippen LogP contribution in [-0.2, 0) is 11.2 Å². The Labute approximate surface area is 142 Å². The number of carbonyl (C=O) groups excluding carboxylic acids is 1. The van der Waals surface area contributed by atoms with Gasteiger partial charge in [-0.3, -0.25) is 9.78 Å². The molecule has 0 N–H and O–H groups in total. The normalized spacial score (nSPS) is 12.0. The highest BCUT2D eigenvalue weighted by Crippen LogP contribution is 2.29. The third-order valence-corrected chi connectivity index (χ3v) is 4.80. The molecule has 3 rings (SSSR count). The van der Waals surface area contributed by atoms with Gasteiger partial charge in [0.1, 0.15) is 10.8 Å². The molecule has 0 radical (unpaired) electrons. The van der Waals surface area contributed by atoms with Crippen LogP contribution in [0.4, 0.5) is 4.39 Å². The van der Waals surface area contributed by atoms with Gasteiger partial charge in [0.05, 0.1) is 16.3 Å². The van der Waals surface area contributed by atoms with E-state index in [1.165, 1.54) is 23.5 Å². The number of aryl methyl sites for hydroxylation is 1. The summed E-state index contributed by atoms with van der Waals surface area (Å²) in [5.41, 5.74) is 1.60. The van der Waals surface area contributed by atoms with E-state index in [4.69, 9.17) is 0 Å². The number of thiazole rings is 1. The van der Waals surface area contributed by atoms with Crippen LogP contribution in [0, 0.1) is 17.1 Å². The van der Waals surface area contributed by atoms with Gasteiger partial charge in [-0.2, -0.15) is 5.26 Å². The number of ketones is 1. The number of rotatable bonds is 6. The number of pyridine rings is 1. The molecule has 0 aliphatic rings. The number of aromatic nitrogens is 2. The molecule has 0 fully saturated rings. The van der Waals surface area contributed by atoms with Crippen LogP contribution in [-0.4, -0.2) is 15.8 Å². The Morgan fingerprint density at radius 3 is 2.83 bits per heavy atom. The highest BCUT2D eigenvalue weighted by atomic mass is 32.1. The lowest BCUT2D eigenvalue weighted by molar-refractivity contribution is -0.119. The Bertz CT molecular complexity index is 902. The quantitative estimate of drug-likeness (QED) is 0.680. The van der Waals surface area contributed by atoms with E-state index in [9.17, 15) is 14.4 Å². The van der Waals surface area contributed by atoms with Gasteiger partial charge in [0, 0.05) is 24.9 Å². The molecule has 1 unspecified atom stereocenters. The highest BCUT2D eigenvalue weighted by Gasteiger charge is 2.23. The van der Waals surface area contributed by atoms with E-state index in [2.05, 4.69) is 9.97 Å². The number of nitriles is 1. The molecule has 6 heteroatoms. The third-order valence-electron chi connectivity index (χ3n) is 3.70. The molecule has 0 amide bonds. The molecule has 1 atom stereocenters. The molecule has 4 nitrogen and oxygen atoms in total. The van der Waals surface area contributed by atoms with Crippen LogP contribution in [0.5, 0.6) is 0 Å². The zero-order chi connectivity index (χ0) is 16.9. The lowest BCUT2D eigenvalue weighted by Crippen LogP contribution is -2.10. The van der Waals surface area contributed by atoms with E-state index in [0.29, 0.717) is 23.4 Å². The minimum atomic E-state index is -0.886. The zero-order valence-electron chi connectivity index (χ0n) is 12.8. The number of fused-ring (bicyclic) bond motifs is 1. The first-order valence-electron chi connectivity index (χ1n) is 7.54. The Kier molecular flexibility index (Phi) is 4.92. The third kappa shape index (κ3) is 3.63. The van der Waals surface area contributed by atoms with Crippen molar-refractivity contribution in [2.45, 2.75) is 25.2 Å². The fourth-order valence-electron chi connectivity index (χ4n) is 2.47. The Balaban J connectivity index is 1.68. The van der Waals surface area contributed by atoms with Crippen LogP contribution >= 0.6 is 11.3 Å². The fourth-order valence-corrected chi connectivity index (χ4v) is 3.48. The van der Waals surface area contributed by atoms with Crippen molar-refractivity contribution in [3.8, 4) is 6.07 Å². The Morgan fingerprint density at radius 1 is 1.29 bits per heavy atom. The van der Waals surface area contributed by atoms with Gasteiger partial charge < -0.3 is 0 Å². The average Bonchev–Trinajstić information content (AvgIpc) is 2.99. The van der Waals surface area contributed by atoms with Gasteiger partial charge in [0.15, 0.2) is 11.7 Å². The fraction of sp³-hybridized carbons (Fsp3) is 0.222. The molecule has 120 valence electrons. The molecule has 0 aliphatic heterocycles. The van der Waals surface area contributed by atoms with Gasteiger partial charge in [-0.1, -0.05) is 0 Å². The second-order valence-electron chi connectivity index (χ2n) is 5.40. The number of nitrogens with zero attached hydrogens (tertiary/aromatic N) is 3. The molecule has 0 bridgehead atoms. The van der Waals surface area contributed by atoms with Crippen molar-refractivity contribution >= 4 is 27.3 Å². The molecule has 24 heavy (non-hydrogen) atoms. The summed E-state index contributed by atoms with van der Waals surface area (Å²) in [6, 6.07) is 10.1. The Hall–Kier alpha value is -2.65. The summed E-state index contributed by atoms with van der Waals surface area (Å²) >= 11 is 1.27. The first-order valence-corrected chi connectivity index (χ1v) is 8.36. The lowest BCUT2D eigenvalue weighted by Gasteiger charge is -2.05. The molecule has 0 spiro atoms. The van der Waals surface area contributed by atoms with Gasteiger partial charge in [-0.25, -0.2) is 9.37 Å². The summed E-state index contributed by atoms with van der Waals surface area (Å²) in [5.74, 6) is -1.41. The van der Waals surface area contributed by atoms with Crippen LogP contribution in [0.1, 0.15) is 29.3 Å². The van der Waals surface area contributed by atoms with Crippen molar-refractivity contribution in [3.63, 3.8) is 0 Å². The number of hydrogen-bond acceptors (Lipinski definition) is 5. The maximum Gasteiger partial charge on any atom is 0.156 e. The summed E-state index contributed by atoms with van der Waals surface area (Å²) in [6.07, 6.45) is 5.17. The van der Waals surface area contributed by atoms with Crippen LogP contribution in [0.15, 0.2) is 42.7 Å². The SMILES string of the molecule is N#CC(C(=O)CCCc1ccncc1)c1nc2cc(F)ccc2s1. The largest absolute Gasteiger partial charge is 0.298 e. The summed E-state index contributed by atoms with van der Waals surface area (Å²) in [6.45, 7) is 0. The molecule has 0 saturated carbocycles. The lowest BCUT2D eigenvalue weighted by atomic mass is 10.00. The maximum atomic E-state index is 13.2. The van der Waals surface area contributed by atoms with Gasteiger partial charge in [-0.15, -0.1) is 11.3 Å². The standard InChI is InChI=1S/C18H14FN3OS/c19-13-4-5-17-15(10-13)22-18(24-17)14(11-20)16(23)3-1-2-12-6-8-21-9-7-12/h4-10,14H,1-3H2. The molecule has 0 aliphatic carbocycles. The van der Waals surface area contributed by atoms with Gasteiger partial charge in [-0.05, 0) is 42.7 Å². The van der Waals surface area contributed by atoms with Crippen LogP contribution in [0.2, 0.25) is 0 Å². The van der Waals surface area contributed by atoms with Crippen LogP contribution in [0.3, 0.4) is 0 Å². The minimum Gasteiger partial charge on any atom is -0.298 e. The van der Waals surface area contributed by atoms with E-state index in [-0.39, 0.29) is 11.6 Å². The Morgan fingerprint density at radius 2 is 2.08 bits per heavy atom. The van der Waals surface area contributed by atoms with Gasteiger partial charge >= 0.3 is 0 Å². The zero-order valence-corrected chi connectivity index (χ0v) is 13.6. The summed E-state index contributed by atoms with van der Waals surface area (Å²) in [5, 5.41) is 9.80. The molecule has 0 saturated heterocycles.